The number of aromatic nitrogens is 3. The van der Waals surface area contributed by atoms with Gasteiger partial charge in [-0.2, -0.15) is 0 Å². The van der Waals surface area contributed by atoms with E-state index in [2.05, 4.69) is 19.6 Å². The zero-order valence-corrected chi connectivity index (χ0v) is 7.68. The van der Waals surface area contributed by atoms with Gasteiger partial charge in [0, 0.05) is 19.6 Å². The van der Waals surface area contributed by atoms with Gasteiger partial charge in [-0.3, -0.25) is 0 Å². The van der Waals surface area contributed by atoms with Crippen molar-refractivity contribution in [2.45, 2.75) is 12.1 Å². The van der Waals surface area contributed by atoms with Gasteiger partial charge >= 0.3 is 11.0 Å². The number of hydrogen-bond acceptors (Lipinski definition) is 1. The van der Waals surface area contributed by atoms with Crippen LogP contribution in [0.2, 0.25) is 0 Å². The van der Waals surface area contributed by atoms with Crippen molar-refractivity contribution in [1.29, 1.82) is 0 Å². The normalized spacial score (nSPS) is 10.5. The summed E-state index contributed by atoms with van der Waals surface area (Å²) in [5.74, 6) is 1.19. The van der Waals surface area contributed by atoms with Crippen LogP contribution in [0, 0.1) is 6.92 Å². The third kappa shape index (κ3) is 0.831. The lowest BCUT2D eigenvalue weighted by Gasteiger charge is -1.81. The fourth-order valence-electron chi connectivity index (χ4n) is 0.930. The predicted octanol–water partition coefficient (Wildman–Crippen LogP) is -0.729. The summed E-state index contributed by atoms with van der Waals surface area (Å²) >= 11 is 4.31. The average Bonchev–Trinajstić information content (AvgIpc) is 2.07. The molecule has 0 saturated heterocycles. The molecule has 0 amide bonds. The van der Waals surface area contributed by atoms with Gasteiger partial charge in [-0.05, 0) is 4.68 Å². The van der Waals surface area contributed by atoms with Crippen LogP contribution in [0.25, 0.3) is 0 Å². The Morgan fingerprint density at radius 3 is 2.00 bits per heavy atom. The molecule has 0 fully saturated rings. The fourth-order valence-corrected chi connectivity index (χ4v) is 1.21. The second-order valence-electron chi connectivity index (χ2n) is 2.45. The van der Waals surface area contributed by atoms with Crippen LogP contribution in [0.4, 0.5) is 0 Å². The van der Waals surface area contributed by atoms with Crippen molar-refractivity contribution in [3.63, 3.8) is 0 Å². The Kier molecular flexibility index (Phi) is 1.72. The van der Waals surface area contributed by atoms with Crippen LogP contribution in [0.3, 0.4) is 0 Å². The summed E-state index contributed by atoms with van der Waals surface area (Å²) in [6.45, 7) is 2.06. The molecule has 0 radical (unpaired) electrons. The molecule has 0 aliphatic carbocycles. The molecular weight excluding hydrogens is 146 g/mol. The molecule has 1 rings (SSSR count). The largest absolute Gasteiger partial charge is 0.502 e. The van der Waals surface area contributed by atoms with Gasteiger partial charge in [-0.15, -0.1) is 4.57 Å². The van der Waals surface area contributed by atoms with Crippen LogP contribution in [-0.2, 0) is 21.1 Å². The molecule has 1 aromatic rings. The summed E-state index contributed by atoms with van der Waals surface area (Å²) in [7, 11) is 5.99. The van der Waals surface area contributed by atoms with E-state index in [0.717, 1.165) is 5.16 Å². The molecule has 3 nitrogen and oxygen atoms in total. The Labute approximate surface area is 66.3 Å². The van der Waals surface area contributed by atoms with E-state index in [1.165, 1.54) is 5.82 Å². The Hall–Kier alpha value is -0.510. The molecule has 0 bridgehead atoms. The van der Waals surface area contributed by atoms with E-state index in [1.807, 2.05) is 35.1 Å². The van der Waals surface area contributed by atoms with E-state index in [4.69, 9.17) is 0 Å². The molecule has 0 atom stereocenters. The monoisotopic (exact) mass is 159 g/mol. The zero-order chi connectivity index (χ0) is 7.89. The van der Waals surface area contributed by atoms with Gasteiger partial charge < -0.3 is 0 Å². The maximum Gasteiger partial charge on any atom is 0.502 e. The maximum atomic E-state index is 4.31. The first-order valence-electron chi connectivity index (χ1n) is 3.16. The maximum absolute atomic E-state index is 4.31. The molecular formula is C6H13N3S+2. The molecule has 56 valence electrons. The number of nitrogens with zero attached hydrogens (tertiary/aromatic N) is 3. The van der Waals surface area contributed by atoms with E-state index in [0.29, 0.717) is 0 Å². The van der Waals surface area contributed by atoms with Gasteiger partial charge in [-0.25, -0.2) is 0 Å². The van der Waals surface area contributed by atoms with Crippen LogP contribution < -0.4 is 9.25 Å². The predicted molar refractivity (Wildman–Crippen MR) is 39.8 cm³/mol. The average molecular weight is 159 g/mol. The first kappa shape index (κ1) is 7.60. The second-order valence-corrected chi connectivity index (χ2v) is 2.85. The number of thiol groups is 1. The first-order valence-corrected chi connectivity index (χ1v) is 3.61. The Balaban J connectivity index is 3.44. The van der Waals surface area contributed by atoms with Crippen LogP contribution in [-0.4, -0.2) is 4.68 Å². The Morgan fingerprint density at radius 2 is 1.90 bits per heavy atom. The highest BCUT2D eigenvalue weighted by molar-refractivity contribution is 7.79. The highest BCUT2D eigenvalue weighted by Gasteiger charge is 2.24. The van der Waals surface area contributed by atoms with Gasteiger partial charge in [0.25, 0.3) is 0 Å². The second kappa shape index (κ2) is 2.27. The van der Waals surface area contributed by atoms with Crippen LogP contribution >= 0.6 is 12.6 Å². The molecule has 10 heavy (non-hydrogen) atoms. The fraction of sp³-hybridized carbons (Fsp3) is 0.667. The van der Waals surface area contributed by atoms with Crippen molar-refractivity contribution in [3.8, 4) is 0 Å². The quantitative estimate of drug-likeness (QED) is 0.379. The highest BCUT2D eigenvalue weighted by Crippen LogP contribution is 1.91. The molecule has 1 heterocycles. The van der Waals surface area contributed by atoms with Crippen LogP contribution in [0.1, 0.15) is 5.82 Å². The summed E-state index contributed by atoms with van der Waals surface area (Å²) in [6.07, 6.45) is 0. The summed E-state index contributed by atoms with van der Waals surface area (Å²) in [6, 6.07) is 0. The van der Waals surface area contributed by atoms with Crippen molar-refractivity contribution >= 4 is 12.6 Å². The topological polar surface area (TPSA) is 12.7 Å². The van der Waals surface area contributed by atoms with Gasteiger partial charge in [0.1, 0.15) is 7.05 Å². The number of rotatable bonds is 0. The molecule has 0 saturated carbocycles. The Bertz CT molecular complexity index is 184. The summed E-state index contributed by atoms with van der Waals surface area (Å²) in [5, 5.41) is 0.958. The molecule has 0 aliphatic heterocycles. The highest BCUT2D eigenvalue weighted by atomic mass is 32.1. The summed E-state index contributed by atoms with van der Waals surface area (Å²) in [5.41, 5.74) is 0. The standard InChI is InChI=1S/C6H12N3S/c1-5-7(2)6(10)9(4)8(5)3/h1-4H3/q+1/p+1. The first-order chi connectivity index (χ1) is 4.55. The summed E-state index contributed by atoms with van der Waals surface area (Å²) < 4.78 is 6.06. The van der Waals surface area contributed by atoms with E-state index in [9.17, 15) is 0 Å². The van der Waals surface area contributed by atoms with E-state index >= 15 is 0 Å². The van der Waals surface area contributed by atoms with Gasteiger partial charge in [-0.1, -0.05) is 4.68 Å². The molecule has 4 heteroatoms. The lowest BCUT2D eigenvalue weighted by atomic mass is 10.7. The van der Waals surface area contributed by atoms with Crippen molar-refractivity contribution in [2.75, 3.05) is 0 Å². The van der Waals surface area contributed by atoms with Gasteiger partial charge in [0.05, 0.1) is 7.05 Å². The van der Waals surface area contributed by atoms with E-state index in [-0.39, 0.29) is 0 Å². The lowest BCUT2D eigenvalue weighted by molar-refractivity contribution is -0.864. The molecule has 0 spiro atoms. The molecule has 1 aromatic heterocycles. The SMILES string of the molecule is Cc1n(C)[n+](C)c(S)[n+]1C. The van der Waals surface area contributed by atoms with Gasteiger partial charge in [0.2, 0.25) is 0 Å². The molecule has 0 aliphatic rings. The van der Waals surface area contributed by atoms with Crippen molar-refractivity contribution in [1.82, 2.24) is 4.68 Å². The third-order valence-electron chi connectivity index (χ3n) is 1.99. The molecule has 0 N–H and O–H groups in total. The molecule has 0 aromatic carbocycles. The van der Waals surface area contributed by atoms with Crippen LogP contribution in [0.5, 0.6) is 0 Å². The van der Waals surface area contributed by atoms with E-state index < -0.39 is 0 Å². The molecule has 0 unspecified atom stereocenters. The number of hydrogen-bond donors (Lipinski definition) is 1. The van der Waals surface area contributed by atoms with E-state index in [1.54, 1.807) is 0 Å². The van der Waals surface area contributed by atoms with Crippen molar-refractivity contribution < 1.29 is 9.25 Å². The minimum Gasteiger partial charge on any atom is -0.115 e. The smallest absolute Gasteiger partial charge is 0.115 e. The minimum absolute atomic E-state index is 0.958. The van der Waals surface area contributed by atoms with Crippen molar-refractivity contribution in [3.05, 3.63) is 5.82 Å². The lowest BCUT2D eigenvalue weighted by Crippen LogP contribution is -2.41. The van der Waals surface area contributed by atoms with Gasteiger partial charge in [0.15, 0.2) is 7.05 Å². The third-order valence-corrected chi connectivity index (χ3v) is 2.58. The summed E-state index contributed by atoms with van der Waals surface area (Å²) in [4.78, 5) is 0. The Morgan fingerprint density at radius 1 is 1.40 bits per heavy atom. The van der Waals surface area contributed by atoms with Crippen LogP contribution in [0.15, 0.2) is 5.16 Å². The van der Waals surface area contributed by atoms with Crippen molar-refractivity contribution in [2.24, 2.45) is 21.1 Å². The minimum atomic E-state index is 0.958. The zero-order valence-electron chi connectivity index (χ0n) is 6.79.